The number of rotatable bonds is 7. The van der Waals surface area contributed by atoms with E-state index in [1.807, 2.05) is 37.3 Å². The van der Waals surface area contributed by atoms with Gasteiger partial charge in [0.05, 0.1) is 5.51 Å². The highest BCUT2D eigenvalue weighted by Crippen LogP contribution is 2.35. The minimum absolute atomic E-state index is 0.00308. The minimum atomic E-state index is -4.49. The molecule has 1 saturated heterocycles. The number of carboxylic acid groups (broad SMARTS) is 1. The molecule has 8 nitrogen and oxygen atoms in total. The summed E-state index contributed by atoms with van der Waals surface area (Å²) in [5.41, 5.74) is 1.87. The van der Waals surface area contributed by atoms with Crippen LogP contribution in [0.3, 0.4) is 0 Å². The van der Waals surface area contributed by atoms with E-state index in [-0.39, 0.29) is 23.6 Å². The molecule has 1 aromatic heterocycles. The Morgan fingerprint density at radius 3 is 2.63 bits per heavy atom. The third-order valence-electron chi connectivity index (χ3n) is 5.43. The van der Waals surface area contributed by atoms with Crippen molar-refractivity contribution in [2.45, 2.75) is 37.3 Å². The van der Waals surface area contributed by atoms with E-state index < -0.39 is 32.2 Å². The molecule has 188 valence electrons. The lowest BCUT2D eigenvalue weighted by atomic mass is 10.1. The van der Waals surface area contributed by atoms with Crippen molar-refractivity contribution in [1.29, 1.82) is 0 Å². The molecule has 12 heteroatoms. The van der Waals surface area contributed by atoms with Gasteiger partial charge in [-0.05, 0) is 19.4 Å². The smallest absolute Gasteiger partial charge is 0.290 e. The molecule has 1 fully saturated rings. The second kappa shape index (κ2) is 11.1. The molecule has 0 saturated carbocycles. The van der Waals surface area contributed by atoms with Gasteiger partial charge in [-0.15, -0.1) is 11.3 Å². The number of carbonyl (C=O) groups is 1. The number of sulfonamides is 1. The van der Waals surface area contributed by atoms with Gasteiger partial charge < -0.3 is 9.84 Å². The number of ether oxygens (including phenoxy) is 1. The predicted octanol–water partition coefficient (Wildman–Crippen LogP) is 4.27. The van der Waals surface area contributed by atoms with Gasteiger partial charge >= 0.3 is 0 Å². The summed E-state index contributed by atoms with van der Waals surface area (Å²) in [5.74, 6) is -2.39. The molecular weight excluding hydrogens is 500 g/mol. The quantitative estimate of drug-likeness (QED) is 0.444. The number of hydrogen-bond donors (Lipinski definition) is 2. The van der Waals surface area contributed by atoms with Crippen LogP contribution >= 0.6 is 11.3 Å². The Labute approximate surface area is 206 Å². The second-order valence-electron chi connectivity index (χ2n) is 8.21. The van der Waals surface area contributed by atoms with E-state index >= 15 is 4.39 Å². The number of thiazole rings is 1. The highest BCUT2D eigenvalue weighted by atomic mass is 32.2. The van der Waals surface area contributed by atoms with Crippen LogP contribution in [0.1, 0.15) is 24.5 Å². The van der Waals surface area contributed by atoms with Crippen molar-refractivity contribution >= 4 is 33.7 Å². The molecular formula is C23H25F2N3O5S2. The molecule has 0 bridgehead atoms. The van der Waals surface area contributed by atoms with Gasteiger partial charge in [-0.25, -0.2) is 22.2 Å². The Bertz CT molecular complexity index is 1260. The Morgan fingerprint density at radius 1 is 1.31 bits per heavy atom. The zero-order valence-corrected chi connectivity index (χ0v) is 20.7. The zero-order valence-electron chi connectivity index (χ0n) is 19.1. The van der Waals surface area contributed by atoms with Crippen LogP contribution in [0.2, 0.25) is 0 Å². The lowest BCUT2D eigenvalue weighted by molar-refractivity contribution is -0.122. The molecule has 0 aliphatic carbocycles. The monoisotopic (exact) mass is 525 g/mol. The number of halogens is 2. The van der Waals surface area contributed by atoms with Crippen LogP contribution in [0.25, 0.3) is 0 Å². The molecule has 1 unspecified atom stereocenters. The zero-order chi connectivity index (χ0) is 25.6. The van der Waals surface area contributed by atoms with Crippen LogP contribution in [0.4, 0.5) is 14.6 Å². The molecule has 35 heavy (non-hydrogen) atoms. The molecule has 2 aromatic carbocycles. The standard InChI is InChI=1S/C22H23F2N3O3S2.CH2O2/c1-15-18(30-22(2)8-9-27(13-22)11-16-6-4-3-5-7-16)10-17(23)21(20(15)24)32(28,29)26-19-12-31-14-25-19;2-1-3/h3-7,10,12,14,26H,8-9,11,13H2,1-2H3;1H,(H,2,3). The highest BCUT2D eigenvalue weighted by Gasteiger charge is 2.37. The maximum atomic E-state index is 15.0. The summed E-state index contributed by atoms with van der Waals surface area (Å²) in [6.07, 6.45) is 0.675. The Hall–Kier alpha value is -3.09. The lowest BCUT2D eigenvalue weighted by Gasteiger charge is -2.28. The normalized spacial score (nSPS) is 17.9. The molecule has 1 aliphatic rings. The van der Waals surface area contributed by atoms with Gasteiger partial charge in [-0.1, -0.05) is 30.3 Å². The van der Waals surface area contributed by atoms with Gasteiger partial charge in [0, 0.05) is 43.1 Å². The molecule has 2 N–H and O–H groups in total. The molecule has 0 radical (unpaired) electrons. The summed E-state index contributed by atoms with van der Waals surface area (Å²) in [5, 5.41) is 8.32. The lowest BCUT2D eigenvalue weighted by Crippen LogP contribution is -2.36. The van der Waals surface area contributed by atoms with Crippen LogP contribution in [-0.2, 0) is 21.4 Å². The molecule has 0 spiro atoms. The minimum Gasteiger partial charge on any atom is -0.486 e. The number of hydrogen-bond acceptors (Lipinski definition) is 7. The van der Waals surface area contributed by atoms with E-state index in [0.29, 0.717) is 13.0 Å². The Kier molecular flexibility index (Phi) is 8.41. The highest BCUT2D eigenvalue weighted by molar-refractivity contribution is 7.92. The summed E-state index contributed by atoms with van der Waals surface area (Å²) in [4.78, 5) is 13.3. The molecule has 3 aromatic rings. The van der Waals surface area contributed by atoms with Crippen LogP contribution in [0.5, 0.6) is 5.75 Å². The van der Waals surface area contributed by atoms with Crippen molar-refractivity contribution in [2.75, 3.05) is 17.8 Å². The van der Waals surface area contributed by atoms with Gasteiger partial charge in [-0.2, -0.15) is 0 Å². The summed E-state index contributed by atoms with van der Waals surface area (Å²) in [6, 6.07) is 11.0. The average Bonchev–Trinajstić information content (AvgIpc) is 3.42. The second-order valence-corrected chi connectivity index (χ2v) is 10.5. The number of likely N-dealkylation sites (tertiary alicyclic amines) is 1. The van der Waals surface area contributed by atoms with Crippen molar-refractivity contribution in [3.8, 4) is 5.75 Å². The topological polar surface area (TPSA) is 109 Å². The maximum absolute atomic E-state index is 15.0. The molecule has 4 rings (SSSR count). The number of nitrogens with zero attached hydrogens (tertiary/aromatic N) is 2. The van der Waals surface area contributed by atoms with Crippen LogP contribution in [-0.4, -0.2) is 48.6 Å². The fraction of sp³-hybridized carbons (Fsp3) is 0.304. The molecule has 1 aliphatic heterocycles. The number of aromatic nitrogens is 1. The molecule has 1 atom stereocenters. The first-order valence-corrected chi connectivity index (χ1v) is 12.9. The summed E-state index contributed by atoms with van der Waals surface area (Å²) < 4.78 is 63.1. The van der Waals surface area contributed by atoms with Gasteiger partial charge in [0.1, 0.15) is 17.2 Å². The molecule has 2 heterocycles. The van der Waals surface area contributed by atoms with Crippen LogP contribution in [0.15, 0.2) is 52.2 Å². The fourth-order valence-electron chi connectivity index (χ4n) is 3.83. The molecule has 0 amide bonds. The third kappa shape index (κ3) is 6.53. The van der Waals surface area contributed by atoms with Gasteiger partial charge in [0.2, 0.25) is 0 Å². The number of benzene rings is 2. The van der Waals surface area contributed by atoms with Crippen molar-refractivity contribution in [1.82, 2.24) is 9.88 Å². The van der Waals surface area contributed by atoms with E-state index in [4.69, 9.17) is 14.6 Å². The van der Waals surface area contributed by atoms with E-state index in [1.165, 1.54) is 23.4 Å². The fourth-order valence-corrected chi connectivity index (χ4v) is 5.58. The number of anilines is 1. The van der Waals surface area contributed by atoms with E-state index in [1.54, 1.807) is 0 Å². The van der Waals surface area contributed by atoms with Crippen molar-refractivity contribution < 1.29 is 31.8 Å². The van der Waals surface area contributed by atoms with Crippen LogP contribution in [0, 0.1) is 18.6 Å². The maximum Gasteiger partial charge on any atom is 0.290 e. The summed E-state index contributed by atoms with van der Waals surface area (Å²) in [7, 11) is -4.49. The first kappa shape index (κ1) is 26.5. The predicted molar refractivity (Wildman–Crippen MR) is 128 cm³/mol. The summed E-state index contributed by atoms with van der Waals surface area (Å²) in [6.45, 7) is 5.13. The van der Waals surface area contributed by atoms with E-state index in [2.05, 4.69) is 14.6 Å². The third-order valence-corrected chi connectivity index (χ3v) is 7.41. The van der Waals surface area contributed by atoms with E-state index in [0.717, 1.165) is 30.5 Å². The first-order chi connectivity index (χ1) is 16.6. The largest absolute Gasteiger partial charge is 0.486 e. The first-order valence-electron chi connectivity index (χ1n) is 10.5. The van der Waals surface area contributed by atoms with Crippen molar-refractivity contribution in [2.24, 2.45) is 0 Å². The van der Waals surface area contributed by atoms with E-state index in [9.17, 15) is 12.8 Å². The van der Waals surface area contributed by atoms with Gasteiger partial charge in [0.15, 0.2) is 16.5 Å². The SMILES string of the molecule is Cc1c(OC2(C)CCN(Cc3ccccc3)C2)cc(F)c(S(=O)(=O)Nc2cscn2)c1F.O=CO. The Balaban J connectivity index is 0.00000108. The van der Waals surface area contributed by atoms with Gasteiger partial charge in [-0.3, -0.25) is 14.4 Å². The summed E-state index contributed by atoms with van der Waals surface area (Å²) >= 11 is 1.16. The van der Waals surface area contributed by atoms with Crippen molar-refractivity contribution in [3.05, 3.63) is 70.1 Å². The average molecular weight is 526 g/mol. The number of nitrogens with one attached hydrogen (secondary N) is 1. The van der Waals surface area contributed by atoms with Crippen LogP contribution < -0.4 is 9.46 Å². The Morgan fingerprint density at radius 2 is 2.00 bits per heavy atom. The van der Waals surface area contributed by atoms with Crippen molar-refractivity contribution in [3.63, 3.8) is 0 Å². The van der Waals surface area contributed by atoms with Gasteiger partial charge in [0.25, 0.3) is 16.5 Å².